The van der Waals surface area contributed by atoms with Crippen LogP contribution in [0.2, 0.25) is 0 Å². The summed E-state index contributed by atoms with van der Waals surface area (Å²) < 4.78 is 52.4. The van der Waals surface area contributed by atoms with Gasteiger partial charge in [0.2, 0.25) is 5.82 Å². The zero-order valence-electron chi connectivity index (χ0n) is 9.82. The maximum absolute atomic E-state index is 13.4. The van der Waals surface area contributed by atoms with Gasteiger partial charge in [0, 0.05) is 12.1 Å². The Kier molecular flexibility index (Phi) is 2.97. The van der Waals surface area contributed by atoms with Gasteiger partial charge in [0.25, 0.3) is 0 Å². The summed E-state index contributed by atoms with van der Waals surface area (Å²) in [6, 6.07) is 1.15. The molecule has 1 heterocycles. The van der Waals surface area contributed by atoms with Crippen molar-refractivity contribution in [2.45, 2.75) is 18.8 Å². The van der Waals surface area contributed by atoms with Crippen molar-refractivity contribution in [1.29, 1.82) is 0 Å². The van der Waals surface area contributed by atoms with Crippen molar-refractivity contribution < 1.29 is 22.5 Å². The number of fused-ring (bicyclic) bond motifs is 1. The molecule has 1 atom stereocenters. The van der Waals surface area contributed by atoms with Crippen LogP contribution in [0.1, 0.15) is 6.92 Å². The third-order valence-electron chi connectivity index (χ3n) is 2.50. The first-order valence-corrected chi connectivity index (χ1v) is 5.14. The molecule has 5 nitrogen and oxygen atoms in total. The Bertz CT molecular complexity index is 776. The number of hydrogen-bond donors (Lipinski definition) is 0. The summed E-state index contributed by atoms with van der Waals surface area (Å²) in [5, 5.41) is 9.71. The number of hydrogen-bond acceptors (Lipinski definition) is 4. The van der Waals surface area contributed by atoms with Crippen molar-refractivity contribution in [1.82, 2.24) is 0 Å². The molecule has 1 aliphatic rings. The summed E-state index contributed by atoms with van der Waals surface area (Å²) in [6.07, 6.45) is -4.92. The van der Waals surface area contributed by atoms with Crippen LogP contribution in [0.3, 0.4) is 0 Å². The summed E-state index contributed by atoms with van der Waals surface area (Å²) in [7, 11) is 0. The fourth-order valence-electron chi connectivity index (χ4n) is 1.66. The average molecular weight is 287 g/mol. The van der Waals surface area contributed by atoms with Crippen LogP contribution in [-0.2, 0) is 0 Å². The number of benzene rings is 1. The topological polar surface area (TPSA) is 67.9 Å². The zero-order chi connectivity index (χ0) is 15.1. The van der Waals surface area contributed by atoms with Gasteiger partial charge in [-0.15, -0.1) is 5.92 Å². The molecule has 0 amide bonds. The first kappa shape index (κ1) is 13.9. The fourth-order valence-corrected chi connectivity index (χ4v) is 1.66. The van der Waals surface area contributed by atoms with Crippen molar-refractivity contribution in [2.24, 2.45) is 9.98 Å². The number of nitro benzene ring substituents is 1. The molecule has 0 bridgehead atoms. The molecule has 20 heavy (non-hydrogen) atoms. The van der Waals surface area contributed by atoms with E-state index in [4.69, 9.17) is 0 Å². The molecule has 1 aliphatic heterocycles. The molecule has 9 heteroatoms. The largest absolute Gasteiger partial charge is 0.446 e. The lowest BCUT2D eigenvalue weighted by molar-refractivity contribution is -0.387. The van der Waals surface area contributed by atoms with Gasteiger partial charge >= 0.3 is 17.5 Å². The Labute approximate surface area is 108 Å². The lowest BCUT2D eigenvalue weighted by Gasteiger charge is -2.19. The Balaban J connectivity index is 2.78. The number of nitrogens with zero attached hydrogens (tertiary/aromatic N) is 3. The lowest BCUT2D eigenvalue weighted by Crippen LogP contribution is -2.39. The van der Waals surface area contributed by atoms with Gasteiger partial charge in [0.15, 0.2) is 0 Å². The highest BCUT2D eigenvalue weighted by atomic mass is 19.4. The van der Waals surface area contributed by atoms with Gasteiger partial charge in [-0.3, -0.25) is 10.1 Å². The quantitative estimate of drug-likeness (QED) is 0.338. The van der Waals surface area contributed by atoms with Gasteiger partial charge in [-0.2, -0.15) is 17.6 Å². The molecule has 1 aromatic carbocycles. The molecular weight excluding hydrogens is 282 g/mol. The monoisotopic (exact) mass is 287 g/mol. The highest BCUT2D eigenvalue weighted by Gasteiger charge is 2.56. The maximum atomic E-state index is 13.4. The van der Waals surface area contributed by atoms with Crippen LogP contribution in [-0.4, -0.2) is 16.8 Å². The van der Waals surface area contributed by atoms with Gasteiger partial charge < -0.3 is 0 Å². The second kappa shape index (κ2) is 4.26. The van der Waals surface area contributed by atoms with Gasteiger partial charge in [0.05, 0.1) is 15.6 Å². The lowest BCUT2D eigenvalue weighted by atomic mass is 10.2. The van der Waals surface area contributed by atoms with Gasteiger partial charge in [0.1, 0.15) is 0 Å². The van der Waals surface area contributed by atoms with Crippen LogP contribution in [0.25, 0.3) is 0 Å². The smallest absolute Gasteiger partial charge is 0.258 e. The highest BCUT2D eigenvalue weighted by molar-refractivity contribution is 5.33. The number of rotatable bonds is 1. The summed E-state index contributed by atoms with van der Waals surface area (Å²) in [6.45, 7) is 1.17. The van der Waals surface area contributed by atoms with E-state index in [1.54, 1.807) is 0 Å². The third kappa shape index (κ3) is 1.99. The van der Waals surface area contributed by atoms with E-state index in [0.29, 0.717) is 12.1 Å². The molecule has 0 aromatic heterocycles. The van der Waals surface area contributed by atoms with E-state index in [2.05, 4.69) is 15.9 Å². The minimum absolute atomic E-state index is 0.418. The van der Waals surface area contributed by atoms with Crippen LogP contribution >= 0.6 is 0 Å². The predicted octanol–water partition coefficient (Wildman–Crippen LogP) is 1.27. The average Bonchev–Trinajstić information content (AvgIpc) is 2.66. The van der Waals surface area contributed by atoms with Crippen LogP contribution < -0.4 is 10.7 Å². The van der Waals surface area contributed by atoms with Crippen molar-refractivity contribution in [3.8, 4) is 11.8 Å². The molecule has 0 N–H and O–H groups in total. The normalized spacial score (nSPS) is 20.2. The number of alkyl halides is 3. The van der Waals surface area contributed by atoms with E-state index < -0.39 is 39.0 Å². The van der Waals surface area contributed by atoms with Crippen molar-refractivity contribution in [3.05, 3.63) is 38.8 Å². The molecule has 2 rings (SSSR count). The number of halogens is 4. The molecule has 1 unspecified atom stereocenters. The van der Waals surface area contributed by atoms with E-state index >= 15 is 0 Å². The molecule has 104 valence electrons. The van der Waals surface area contributed by atoms with Crippen LogP contribution in [0, 0.1) is 27.8 Å². The van der Waals surface area contributed by atoms with Gasteiger partial charge in [-0.05, 0) is 12.8 Å². The first-order chi connectivity index (χ1) is 9.20. The fraction of sp³-hybridized carbons (Fsp3) is 0.273. The van der Waals surface area contributed by atoms with Crippen molar-refractivity contribution in [3.63, 3.8) is 0 Å². The molecule has 0 saturated carbocycles. The van der Waals surface area contributed by atoms with Gasteiger partial charge in [-0.25, -0.2) is 9.98 Å². The van der Waals surface area contributed by atoms with Crippen LogP contribution in [0.15, 0.2) is 22.1 Å². The molecule has 1 aromatic rings. The maximum Gasteiger partial charge on any atom is 0.446 e. The SMILES string of the molecule is CC#CC1(C(F)(F)F)N=c2cc(F)c([N+](=O)[O-])cc2=N1. The second-order valence-corrected chi connectivity index (χ2v) is 3.82. The Morgan fingerprint density at radius 1 is 1.30 bits per heavy atom. The Morgan fingerprint density at radius 2 is 1.85 bits per heavy atom. The van der Waals surface area contributed by atoms with Crippen LogP contribution in [0.4, 0.5) is 23.2 Å². The predicted molar refractivity (Wildman–Crippen MR) is 57.6 cm³/mol. The summed E-state index contributed by atoms with van der Waals surface area (Å²) in [4.78, 5) is 16.1. The van der Waals surface area contributed by atoms with Crippen LogP contribution in [0.5, 0.6) is 0 Å². The van der Waals surface area contributed by atoms with E-state index in [-0.39, 0.29) is 0 Å². The van der Waals surface area contributed by atoms with E-state index in [0.717, 1.165) is 0 Å². The summed E-state index contributed by atoms with van der Waals surface area (Å²) in [5.74, 6) is 2.59. The summed E-state index contributed by atoms with van der Waals surface area (Å²) >= 11 is 0. The van der Waals surface area contributed by atoms with Gasteiger partial charge in [-0.1, -0.05) is 0 Å². The summed E-state index contributed by atoms with van der Waals surface area (Å²) in [5.41, 5.74) is -4.00. The molecule has 0 spiro atoms. The van der Waals surface area contributed by atoms with E-state index in [1.807, 2.05) is 5.92 Å². The minimum atomic E-state index is -4.92. The standard InChI is InChI=1S/C11H5F4N3O2/c1-2-3-10(11(13,14)15)16-7-4-6(12)9(18(19)20)5-8(7)17-10/h4-5H,1H3. The molecule has 0 radical (unpaired) electrons. The molecule has 0 aliphatic carbocycles. The highest BCUT2D eigenvalue weighted by Crippen LogP contribution is 2.35. The zero-order valence-corrected chi connectivity index (χ0v) is 9.82. The molecule has 0 fully saturated rings. The first-order valence-electron chi connectivity index (χ1n) is 5.14. The van der Waals surface area contributed by atoms with Crippen molar-refractivity contribution >= 4 is 5.69 Å². The second-order valence-electron chi connectivity index (χ2n) is 3.82. The molecular formula is C11H5F4N3O2. The Morgan fingerprint density at radius 3 is 2.30 bits per heavy atom. The van der Waals surface area contributed by atoms with E-state index in [9.17, 15) is 27.7 Å². The third-order valence-corrected chi connectivity index (χ3v) is 2.50. The number of nitro groups is 1. The van der Waals surface area contributed by atoms with E-state index in [1.165, 1.54) is 6.92 Å². The minimum Gasteiger partial charge on any atom is -0.258 e. The Hall–Kier alpha value is -2.50. The molecule has 0 saturated heterocycles. The van der Waals surface area contributed by atoms with Crippen molar-refractivity contribution in [2.75, 3.05) is 0 Å².